The Kier molecular flexibility index (Phi) is 4.01. The van der Waals surface area contributed by atoms with Crippen LogP contribution >= 0.6 is 22.7 Å². The molecule has 0 radical (unpaired) electrons. The van der Waals surface area contributed by atoms with Crippen molar-refractivity contribution in [2.75, 3.05) is 5.32 Å². The third-order valence-corrected chi connectivity index (χ3v) is 4.65. The number of carbonyl (C=O) groups is 2. The summed E-state index contributed by atoms with van der Waals surface area (Å²) in [6, 6.07) is 1.88. The van der Waals surface area contributed by atoms with E-state index in [1.807, 2.05) is 23.8 Å². The summed E-state index contributed by atoms with van der Waals surface area (Å²) < 4.78 is 0. The molecular formula is C13H13NO3S2. The molecule has 2 aromatic heterocycles. The molecule has 0 atom stereocenters. The Bertz CT molecular complexity index is 614. The summed E-state index contributed by atoms with van der Waals surface area (Å²) in [6.45, 7) is 3.60. The SMILES string of the molecule is Cc1sc(NC(=O)Cc2ccsc2)c(C(=O)O)c1C. The van der Waals surface area contributed by atoms with Gasteiger partial charge in [0.15, 0.2) is 0 Å². The van der Waals surface area contributed by atoms with Crippen molar-refractivity contribution in [3.63, 3.8) is 0 Å². The fraction of sp³-hybridized carbons (Fsp3) is 0.231. The molecule has 0 aliphatic carbocycles. The summed E-state index contributed by atoms with van der Waals surface area (Å²) >= 11 is 2.83. The van der Waals surface area contributed by atoms with Gasteiger partial charge < -0.3 is 10.4 Å². The van der Waals surface area contributed by atoms with Gasteiger partial charge in [-0.05, 0) is 41.8 Å². The highest BCUT2D eigenvalue weighted by Gasteiger charge is 2.20. The molecule has 1 amide bonds. The molecule has 2 N–H and O–H groups in total. The number of thiophene rings is 2. The Balaban J connectivity index is 2.17. The molecule has 0 fully saturated rings. The molecule has 2 heterocycles. The minimum Gasteiger partial charge on any atom is -0.478 e. The van der Waals surface area contributed by atoms with Crippen LogP contribution in [0.1, 0.15) is 26.4 Å². The number of carbonyl (C=O) groups excluding carboxylic acids is 1. The molecule has 0 bridgehead atoms. The number of amides is 1. The number of aryl methyl sites for hydroxylation is 1. The van der Waals surface area contributed by atoms with Crippen molar-refractivity contribution in [3.05, 3.63) is 38.4 Å². The second-order valence-electron chi connectivity index (χ2n) is 4.15. The van der Waals surface area contributed by atoms with E-state index >= 15 is 0 Å². The van der Waals surface area contributed by atoms with E-state index in [9.17, 15) is 14.7 Å². The van der Waals surface area contributed by atoms with Crippen molar-refractivity contribution in [1.29, 1.82) is 0 Å². The van der Waals surface area contributed by atoms with Crippen molar-refractivity contribution in [3.8, 4) is 0 Å². The Hall–Kier alpha value is -1.66. The molecule has 2 rings (SSSR count). The third-order valence-electron chi connectivity index (χ3n) is 2.80. The molecule has 19 heavy (non-hydrogen) atoms. The number of hydrogen-bond donors (Lipinski definition) is 2. The van der Waals surface area contributed by atoms with Crippen LogP contribution in [-0.2, 0) is 11.2 Å². The molecule has 0 aromatic carbocycles. The van der Waals surface area contributed by atoms with Crippen molar-refractivity contribution in [2.45, 2.75) is 20.3 Å². The van der Waals surface area contributed by atoms with E-state index in [0.717, 1.165) is 10.4 Å². The van der Waals surface area contributed by atoms with Gasteiger partial charge in [-0.1, -0.05) is 0 Å². The number of carboxylic acid groups (broad SMARTS) is 1. The molecule has 0 unspecified atom stereocenters. The van der Waals surface area contributed by atoms with Gasteiger partial charge in [-0.2, -0.15) is 11.3 Å². The summed E-state index contributed by atoms with van der Waals surface area (Å²) in [7, 11) is 0. The topological polar surface area (TPSA) is 66.4 Å². The average molecular weight is 295 g/mol. The van der Waals surface area contributed by atoms with Gasteiger partial charge in [-0.15, -0.1) is 11.3 Å². The molecule has 4 nitrogen and oxygen atoms in total. The summed E-state index contributed by atoms with van der Waals surface area (Å²) in [5.41, 5.74) is 1.84. The molecule has 0 saturated carbocycles. The lowest BCUT2D eigenvalue weighted by atomic mass is 10.1. The van der Waals surface area contributed by atoms with Crippen molar-refractivity contribution in [2.24, 2.45) is 0 Å². The highest BCUT2D eigenvalue weighted by Crippen LogP contribution is 2.32. The van der Waals surface area contributed by atoms with E-state index in [-0.39, 0.29) is 17.9 Å². The first-order valence-corrected chi connectivity index (χ1v) is 7.39. The summed E-state index contributed by atoms with van der Waals surface area (Å²) in [4.78, 5) is 24.0. The molecule has 2 aromatic rings. The highest BCUT2D eigenvalue weighted by molar-refractivity contribution is 7.16. The van der Waals surface area contributed by atoms with Gasteiger partial charge >= 0.3 is 5.97 Å². The van der Waals surface area contributed by atoms with Crippen LogP contribution in [0.2, 0.25) is 0 Å². The fourth-order valence-corrected chi connectivity index (χ4v) is 3.46. The van der Waals surface area contributed by atoms with Gasteiger partial charge in [0.05, 0.1) is 12.0 Å². The monoisotopic (exact) mass is 295 g/mol. The average Bonchev–Trinajstić information content (AvgIpc) is 2.88. The smallest absolute Gasteiger partial charge is 0.338 e. The number of carboxylic acids is 1. The van der Waals surface area contributed by atoms with Crippen LogP contribution in [0, 0.1) is 13.8 Å². The Labute approximate surface area is 118 Å². The van der Waals surface area contributed by atoms with E-state index in [1.165, 1.54) is 22.7 Å². The number of rotatable bonds is 4. The van der Waals surface area contributed by atoms with Gasteiger partial charge in [-0.3, -0.25) is 4.79 Å². The largest absolute Gasteiger partial charge is 0.478 e. The Morgan fingerprint density at radius 3 is 2.68 bits per heavy atom. The Morgan fingerprint density at radius 2 is 2.11 bits per heavy atom. The first kappa shape index (κ1) is 13.8. The summed E-state index contributed by atoms with van der Waals surface area (Å²) in [5, 5.41) is 16.1. The molecule has 0 saturated heterocycles. The van der Waals surface area contributed by atoms with Gasteiger partial charge in [-0.25, -0.2) is 4.79 Å². The van der Waals surface area contributed by atoms with Crippen LogP contribution in [0.15, 0.2) is 16.8 Å². The lowest BCUT2D eigenvalue weighted by Crippen LogP contribution is -2.15. The lowest BCUT2D eigenvalue weighted by Gasteiger charge is -2.03. The molecule has 0 spiro atoms. The fourth-order valence-electron chi connectivity index (χ4n) is 1.72. The maximum Gasteiger partial charge on any atom is 0.338 e. The number of hydrogen-bond acceptors (Lipinski definition) is 4. The van der Waals surface area contributed by atoms with E-state index in [0.29, 0.717) is 10.6 Å². The van der Waals surface area contributed by atoms with E-state index in [2.05, 4.69) is 5.32 Å². The number of aromatic carboxylic acids is 1. The predicted octanol–water partition coefficient (Wildman–Crippen LogP) is 3.31. The van der Waals surface area contributed by atoms with Crippen LogP contribution in [-0.4, -0.2) is 17.0 Å². The van der Waals surface area contributed by atoms with Crippen molar-refractivity contribution >= 4 is 39.6 Å². The van der Waals surface area contributed by atoms with Crippen molar-refractivity contribution < 1.29 is 14.7 Å². The molecular weight excluding hydrogens is 282 g/mol. The quantitative estimate of drug-likeness (QED) is 0.909. The second-order valence-corrected chi connectivity index (χ2v) is 6.15. The van der Waals surface area contributed by atoms with E-state index in [1.54, 1.807) is 6.92 Å². The molecule has 0 aliphatic heterocycles. The zero-order valence-electron chi connectivity index (χ0n) is 10.5. The normalized spacial score (nSPS) is 10.4. The third kappa shape index (κ3) is 3.02. The zero-order valence-corrected chi connectivity index (χ0v) is 12.2. The van der Waals surface area contributed by atoms with Crippen LogP contribution in [0.3, 0.4) is 0 Å². The highest BCUT2D eigenvalue weighted by atomic mass is 32.1. The number of anilines is 1. The Morgan fingerprint density at radius 1 is 1.37 bits per heavy atom. The molecule has 6 heteroatoms. The molecule has 100 valence electrons. The van der Waals surface area contributed by atoms with E-state index < -0.39 is 5.97 Å². The molecule has 0 aliphatic rings. The van der Waals surface area contributed by atoms with Crippen molar-refractivity contribution in [1.82, 2.24) is 0 Å². The van der Waals surface area contributed by atoms with Gasteiger partial charge in [0, 0.05) is 4.88 Å². The van der Waals surface area contributed by atoms with Crippen LogP contribution in [0.4, 0.5) is 5.00 Å². The van der Waals surface area contributed by atoms with Crippen LogP contribution < -0.4 is 5.32 Å². The summed E-state index contributed by atoms with van der Waals surface area (Å²) in [5.74, 6) is -1.20. The predicted molar refractivity (Wildman–Crippen MR) is 77.4 cm³/mol. The minimum atomic E-state index is -1.01. The lowest BCUT2D eigenvalue weighted by molar-refractivity contribution is -0.115. The van der Waals surface area contributed by atoms with Gasteiger partial charge in [0.25, 0.3) is 0 Å². The second kappa shape index (κ2) is 5.54. The van der Waals surface area contributed by atoms with Crippen LogP contribution in [0.5, 0.6) is 0 Å². The summed E-state index contributed by atoms with van der Waals surface area (Å²) in [6.07, 6.45) is 0.262. The maximum atomic E-state index is 11.9. The maximum absolute atomic E-state index is 11.9. The zero-order chi connectivity index (χ0) is 14.0. The van der Waals surface area contributed by atoms with E-state index in [4.69, 9.17) is 0 Å². The minimum absolute atomic E-state index is 0.192. The van der Waals surface area contributed by atoms with Gasteiger partial charge in [0.1, 0.15) is 5.00 Å². The standard InChI is InChI=1S/C13H13NO3S2/c1-7-8(2)19-12(11(7)13(16)17)14-10(15)5-9-3-4-18-6-9/h3-4,6H,5H2,1-2H3,(H,14,15)(H,16,17). The first-order chi connectivity index (χ1) is 8.99. The van der Waals surface area contributed by atoms with Crippen LogP contribution in [0.25, 0.3) is 0 Å². The van der Waals surface area contributed by atoms with Gasteiger partial charge in [0.2, 0.25) is 5.91 Å². The first-order valence-electron chi connectivity index (χ1n) is 5.63. The number of nitrogens with one attached hydrogen (secondary N) is 1.